The van der Waals surface area contributed by atoms with Gasteiger partial charge in [0.2, 0.25) is 0 Å². The smallest absolute Gasteiger partial charge is 0.313 e. The van der Waals surface area contributed by atoms with Crippen molar-refractivity contribution in [2.24, 2.45) is 0 Å². The number of hydrogen-bond donors (Lipinski definition) is 2. The standard InChI is InChI=1S/C15H20N2O4/c1-10-5-6-13(20-2)12(8-10)17-15(19)14(18)16-9-11-4-3-7-21-11/h5-6,8,11H,3-4,7,9H2,1-2H3,(H,16,18)(H,17,19)/t11-/m0/s1. The van der Waals surface area contributed by atoms with E-state index in [2.05, 4.69) is 10.6 Å². The number of methoxy groups -OCH3 is 1. The van der Waals surface area contributed by atoms with Crippen molar-refractivity contribution in [1.82, 2.24) is 5.32 Å². The first-order valence-electron chi connectivity index (χ1n) is 6.95. The van der Waals surface area contributed by atoms with Crippen LogP contribution in [-0.4, -0.2) is 38.2 Å². The molecule has 6 heteroatoms. The Balaban J connectivity index is 1.90. The van der Waals surface area contributed by atoms with E-state index in [0.717, 1.165) is 18.4 Å². The second-order valence-electron chi connectivity index (χ2n) is 5.00. The van der Waals surface area contributed by atoms with Gasteiger partial charge in [0.25, 0.3) is 0 Å². The summed E-state index contributed by atoms with van der Waals surface area (Å²) >= 11 is 0. The van der Waals surface area contributed by atoms with Crippen LogP contribution in [0.4, 0.5) is 5.69 Å². The zero-order valence-corrected chi connectivity index (χ0v) is 12.3. The molecule has 1 aliphatic rings. The molecule has 2 amide bonds. The van der Waals surface area contributed by atoms with Crippen molar-refractivity contribution in [3.8, 4) is 5.75 Å². The lowest BCUT2D eigenvalue weighted by molar-refractivity contribution is -0.136. The number of anilines is 1. The maximum atomic E-state index is 11.9. The summed E-state index contributed by atoms with van der Waals surface area (Å²) in [6.07, 6.45) is 1.91. The summed E-state index contributed by atoms with van der Waals surface area (Å²) in [7, 11) is 1.51. The van der Waals surface area contributed by atoms with Crippen molar-refractivity contribution in [2.45, 2.75) is 25.9 Å². The van der Waals surface area contributed by atoms with Crippen LogP contribution in [-0.2, 0) is 14.3 Å². The molecule has 0 unspecified atom stereocenters. The monoisotopic (exact) mass is 292 g/mol. The van der Waals surface area contributed by atoms with E-state index in [1.807, 2.05) is 13.0 Å². The van der Waals surface area contributed by atoms with Crippen LogP contribution >= 0.6 is 0 Å². The molecule has 6 nitrogen and oxygen atoms in total. The van der Waals surface area contributed by atoms with E-state index in [4.69, 9.17) is 9.47 Å². The Kier molecular flexibility index (Phi) is 5.16. The highest BCUT2D eigenvalue weighted by Gasteiger charge is 2.20. The fraction of sp³-hybridized carbons (Fsp3) is 0.467. The van der Waals surface area contributed by atoms with Crippen LogP contribution in [0, 0.1) is 6.92 Å². The Morgan fingerprint density at radius 2 is 2.19 bits per heavy atom. The van der Waals surface area contributed by atoms with Crippen LogP contribution in [0.5, 0.6) is 5.75 Å². The van der Waals surface area contributed by atoms with E-state index < -0.39 is 11.8 Å². The fourth-order valence-electron chi connectivity index (χ4n) is 2.19. The normalized spacial score (nSPS) is 17.3. The quantitative estimate of drug-likeness (QED) is 0.819. The second kappa shape index (κ2) is 7.08. The predicted octanol–water partition coefficient (Wildman–Crippen LogP) is 1.24. The molecule has 0 bridgehead atoms. The van der Waals surface area contributed by atoms with E-state index in [9.17, 15) is 9.59 Å². The molecule has 2 rings (SSSR count). The first-order chi connectivity index (χ1) is 10.1. The third kappa shape index (κ3) is 4.19. The SMILES string of the molecule is COc1ccc(C)cc1NC(=O)C(=O)NC[C@@H]1CCCO1. The van der Waals surface area contributed by atoms with Gasteiger partial charge in [-0.25, -0.2) is 0 Å². The van der Waals surface area contributed by atoms with Gasteiger partial charge >= 0.3 is 11.8 Å². The van der Waals surface area contributed by atoms with E-state index in [-0.39, 0.29) is 6.10 Å². The molecule has 0 spiro atoms. The van der Waals surface area contributed by atoms with Crippen LogP contribution in [0.1, 0.15) is 18.4 Å². The number of carbonyl (C=O) groups excluding carboxylic acids is 2. The van der Waals surface area contributed by atoms with Crippen molar-refractivity contribution >= 4 is 17.5 Å². The first kappa shape index (κ1) is 15.3. The van der Waals surface area contributed by atoms with Crippen LogP contribution in [0.2, 0.25) is 0 Å². The summed E-state index contributed by atoms with van der Waals surface area (Å²) in [6, 6.07) is 5.37. The number of rotatable bonds is 4. The maximum Gasteiger partial charge on any atom is 0.313 e. The van der Waals surface area contributed by atoms with Crippen LogP contribution < -0.4 is 15.4 Å². The lowest BCUT2D eigenvalue weighted by Crippen LogP contribution is -2.39. The third-order valence-corrected chi connectivity index (χ3v) is 3.32. The molecular weight excluding hydrogens is 272 g/mol. The van der Waals surface area contributed by atoms with Crippen molar-refractivity contribution in [2.75, 3.05) is 25.6 Å². The summed E-state index contributed by atoms with van der Waals surface area (Å²) in [5.74, 6) is -0.869. The Hall–Kier alpha value is -2.08. The molecule has 1 fully saturated rings. The van der Waals surface area contributed by atoms with Gasteiger partial charge in [-0.3, -0.25) is 9.59 Å². The molecule has 1 aromatic rings. The Morgan fingerprint density at radius 1 is 1.38 bits per heavy atom. The minimum absolute atomic E-state index is 0.00950. The summed E-state index contributed by atoms with van der Waals surface area (Å²) in [5, 5.41) is 5.14. The van der Waals surface area contributed by atoms with Gasteiger partial charge in [0, 0.05) is 13.2 Å². The molecular formula is C15H20N2O4. The number of aryl methyl sites for hydroxylation is 1. The molecule has 0 aromatic heterocycles. The van der Waals surface area contributed by atoms with Crippen molar-refractivity contribution in [1.29, 1.82) is 0 Å². The molecule has 21 heavy (non-hydrogen) atoms. The predicted molar refractivity (Wildman–Crippen MR) is 78.3 cm³/mol. The maximum absolute atomic E-state index is 11.9. The number of nitrogens with one attached hydrogen (secondary N) is 2. The second-order valence-corrected chi connectivity index (χ2v) is 5.00. The molecule has 1 saturated heterocycles. The molecule has 114 valence electrons. The van der Waals surface area contributed by atoms with Gasteiger partial charge in [-0.05, 0) is 37.5 Å². The van der Waals surface area contributed by atoms with E-state index in [1.165, 1.54) is 7.11 Å². The molecule has 1 atom stereocenters. The Labute approximate surface area is 123 Å². The molecule has 1 aliphatic heterocycles. The highest BCUT2D eigenvalue weighted by Crippen LogP contribution is 2.24. The minimum Gasteiger partial charge on any atom is -0.495 e. The molecule has 1 heterocycles. The first-order valence-corrected chi connectivity index (χ1v) is 6.95. The third-order valence-electron chi connectivity index (χ3n) is 3.32. The highest BCUT2D eigenvalue weighted by molar-refractivity contribution is 6.39. The van der Waals surface area contributed by atoms with Gasteiger partial charge in [0.1, 0.15) is 5.75 Å². The van der Waals surface area contributed by atoms with Crippen LogP contribution in [0.25, 0.3) is 0 Å². The van der Waals surface area contributed by atoms with E-state index in [0.29, 0.717) is 24.6 Å². The van der Waals surface area contributed by atoms with E-state index in [1.54, 1.807) is 12.1 Å². The van der Waals surface area contributed by atoms with Crippen molar-refractivity contribution < 1.29 is 19.1 Å². The topological polar surface area (TPSA) is 76.7 Å². The highest BCUT2D eigenvalue weighted by atomic mass is 16.5. The number of benzene rings is 1. The summed E-state index contributed by atoms with van der Waals surface area (Å²) in [4.78, 5) is 23.6. The summed E-state index contributed by atoms with van der Waals surface area (Å²) in [6.45, 7) is 2.97. The average Bonchev–Trinajstić information content (AvgIpc) is 2.98. The lowest BCUT2D eigenvalue weighted by Gasteiger charge is -2.12. The van der Waals surface area contributed by atoms with Crippen LogP contribution in [0.15, 0.2) is 18.2 Å². The van der Waals surface area contributed by atoms with Crippen LogP contribution in [0.3, 0.4) is 0 Å². The zero-order valence-electron chi connectivity index (χ0n) is 12.3. The van der Waals surface area contributed by atoms with Crippen molar-refractivity contribution in [3.05, 3.63) is 23.8 Å². The molecule has 0 radical (unpaired) electrons. The molecule has 0 aliphatic carbocycles. The lowest BCUT2D eigenvalue weighted by atomic mass is 10.2. The van der Waals surface area contributed by atoms with Gasteiger partial charge in [0.05, 0.1) is 18.9 Å². The average molecular weight is 292 g/mol. The van der Waals surface area contributed by atoms with Gasteiger partial charge < -0.3 is 20.1 Å². The Morgan fingerprint density at radius 3 is 2.86 bits per heavy atom. The van der Waals surface area contributed by atoms with Gasteiger partial charge in [0.15, 0.2) is 0 Å². The molecule has 2 N–H and O–H groups in total. The van der Waals surface area contributed by atoms with E-state index >= 15 is 0 Å². The van der Waals surface area contributed by atoms with Gasteiger partial charge in [-0.15, -0.1) is 0 Å². The zero-order chi connectivity index (χ0) is 15.2. The number of carbonyl (C=O) groups is 2. The van der Waals surface area contributed by atoms with Crippen molar-refractivity contribution in [3.63, 3.8) is 0 Å². The molecule has 1 aromatic carbocycles. The summed E-state index contributed by atoms with van der Waals surface area (Å²) < 4.78 is 10.5. The number of amides is 2. The summed E-state index contributed by atoms with van der Waals surface area (Å²) in [5.41, 5.74) is 1.45. The fourth-order valence-corrected chi connectivity index (χ4v) is 2.19. The minimum atomic E-state index is -0.711. The van der Waals surface area contributed by atoms with Gasteiger partial charge in [-0.2, -0.15) is 0 Å². The largest absolute Gasteiger partial charge is 0.495 e. The number of hydrogen-bond acceptors (Lipinski definition) is 4. The Bertz CT molecular complexity index is 524. The number of ether oxygens (including phenoxy) is 2. The molecule has 0 saturated carbocycles. The van der Waals surface area contributed by atoms with Gasteiger partial charge in [-0.1, -0.05) is 6.07 Å².